The Labute approximate surface area is 314 Å². The standard InChI is InChI=1S/C50H38N4/c51-41-17-9-31(10-18-41)35-25-36(32-11-19-42(52)20-12-32)28-39(27-35)49-45-5-1-2-6-46(45)50(48-8-4-3-7-47(48)49)40-29-37(33-13-21-43(53)22-14-33)26-38(30-40)34-15-23-44(54)24-16-34/h1-30H,51-54H2. The van der Waals surface area contributed by atoms with Crippen molar-refractivity contribution in [2.45, 2.75) is 0 Å². The van der Waals surface area contributed by atoms with Crippen molar-refractivity contribution < 1.29 is 0 Å². The van der Waals surface area contributed by atoms with Crippen LogP contribution in [0.3, 0.4) is 0 Å². The van der Waals surface area contributed by atoms with E-state index in [0.29, 0.717) is 0 Å². The molecule has 0 aliphatic heterocycles. The minimum Gasteiger partial charge on any atom is -0.399 e. The molecule has 0 atom stereocenters. The summed E-state index contributed by atoms with van der Waals surface area (Å²) in [4.78, 5) is 0. The second kappa shape index (κ2) is 13.4. The van der Waals surface area contributed by atoms with E-state index in [1.165, 1.54) is 32.7 Å². The van der Waals surface area contributed by atoms with Gasteiger partial charge in [-0.25, -0.2) is 0 Å². The van der Waals surface area contributed by atoms with Crippen LogP contribution in [-0.2, 0) is 0 Å². The first kappa shape index (κ1) is 32.6. The quantitative estimate of drug-likeness (QED) is 0.103. The summed E-state index contributed by atoms with van der Waals surface area (Å²) in [5, 5.41) is 4.71. The van der Waals surface area contributed by atoms with E-state index in [1.807, 2.05) is 48.5 Å². The Kier molecular flexibility index (Phi) is 8.06. The van der Waals surface area contributed by atoms with Gasteiger partial charge in [0.15, 0.2) is 0 Å². The van der Waals surface area contributed by atoms with Gasteiger partial charge in [0.05, 0.1) is 0 Å². The Hall–Kier alpha value is -7.30. The molecule has 0 amide bonds. The summed E-state index contributed by atoms with van der Waals surface area (Å²) in [5.41, 5.74) is 40.9. The van der Waals surface area contributed by atoms with Crippen molar-refractivity contribution in [1.82, 2.24) is 0 Å². The van der Waals surface area contributed by atoms with Crippen molar-refractivity contribution >= 4 is 44.3 Å². The normalized spacial score (nSPS) is 11.3. The fraction of sp³-hybridized carbons (Fsp3) is 0. The van der Waals surface area contributed by atoms with Crippen LogP contribution in [0.5, 0.6) is 0 Å². The molecule has 0 bridgehead atoms. The van der Waals surface area contributed by atoms with Crippen LogP contribution in [-0.4, -0.2) is 0 Å². The lowest BCUT2D eigenvalue weighted by atomic mass is 9.83. The molecule has 0 saturated carbocycles. The molecule has 54 heavy (non-hydrogen) atoms. The van der Waals surface area contributed by atoms with E-state index in [4.69, 9.17) is 22.9 Å². The molecule has 258 valence electrons. The Morgan fingerprint density at radius 2 is 0.407 bits per heavy atom. The summed E-state index contributed by atoms with van der Waals surface area (Å²) < 4.78 is 0. The molecule has 9 rings (SSSR count). The van der Waals surface area contributed by atoms with Crippen LogP contribution in [0.1, 0.15) is 0 Å². The van der Waals surface area contributed by atoms with Gasteiger partial charge in [-0.15, -0.1) is 0 Å². The zero-order valence-corrected chi connectivity index (χ0v) is 29.6. The van der Waals surface area contributed by atoms with Crippen molar-refractivity contribution in [3.8, 4) is 66.8 Å². The van der Waals surface area contributed by atoms with Crippen molar-refractivity contribution in [3.63, 3.8) is 0 Å². The van der Waals surface area contributed by atoms with Crippen molar-refractivity contribution in [2.24, 2.45) is 0 Å². The molecule has 4 heteroatoms. The molecule has 0 aliphatic rings. The molecule has 0 fully saturated rings. The molecule has 4 nitrogen and oxygen atoms in total. The molecule has 9 aromatic carbocycles. The highest BCUT2D eigenvalue weighted by Gasteiger charge is 2.19. The third-order valence-corrected chi connectivity index (χ3v) is 10.4. The lowest BCUT2D eigenvalue weighted by Gasteiger charge is -2.20. The van der Waals surface area contributed by atoms with Gasteiger partial charge in [-0.2, -0.15) is 0 Å². The average Bonchev–Trinajstić information content (AvgIpc) is 3.20. The second-order valence-electron chi connectivity index (χ2n) is 13.9. The molecule has 0 aromatic heterocycles. The van der Waals surface area contributed by atoms with Gasteiger partial charge in [-0.05, 0) is 173 Å². The molecule has 8 N–H and O–H groups in total. The zero-order chi connectivity index (χ0) is 36.8. The molecule has 0 spiro atoms. The maximum Gasteiger partial charge on any atom is 0.0314 e. The molecular formula is C50H38N4. The number of nitrogens with two attached hydrogens (primary N) is 4. The summed E-state index contributed by atoms with van der Waals surface area (Å²) in [6.45, 7) is 0. The van der Waals surface area contributed by atoms with Gasteiger partial charge < -0.3 is 22.9 Å². The van der Waals surface area contributed by atoms with Gasteiger partial charge in [0.25, 0.3) is 0 Å². The lowest BCUT2D eigenvalue weighted by Crippen LogP contribution is -1.94. The van der Waals surface area contributed by atoms with Gasteiger partial charge >= 0.3 is 0 Å². The van der Waals surface area contributed by atoms with Crippen LogP contribution in [0.4, 0.5) is 22.7 Å². The van der Waals surface area contributed by atoms with E-state index >= 15 is 0 Å². The van der Waals surface area contributed by atoms with Gasteiger partial charge in [0.2, 0.25) is 0 Å². The number of fused-ring (bicyclic) bond motifs is 2. The summed E-state index contributed by atoms with van der Waals surface area (Å²) in [6.07, 6.45) is 0. The van der Waals surface area contributed by atoms with Gasteiger partial charge in [-0.1, -0.05) is 97.1 Å². The SMILES string of the molecule is Nc1ccc(-c2cc(-c3ccc(N)cc3)cc(-c3c4ccccc4c(-c4cc(-c5ccc(N)cc5)cc(-c5ccc(N)cc5)c4)c4ccccc34)c2)cc1. The summed E-state index contributed by atoms with van der Waals surface area (Å²) in [5.74, 6) is 0. The summed E-state index contributed by atoms with van der Waals surface area (Å²) in [7, 11) is 0. The first-order valence-corrected chi connectivity index (χ1v) is 18.1. The first-order valence-electron chi connectivity index (χ1n) is 18.1. The van der Waals surface area contributed by atoms with Crippen molar-refractivity contribution in [1.29, 1.82) is 0 Å². The van der Waals surface area contributed by atoms with E-state index in [9.17, 15) is 0 Å². The van der Waals surface area contributed by atoms with Crippen LogP contribution in [0, 0.1) is 0 Å². The lowest BCUT2D eigenvalue weighted by molar-refractivity contribution is 1.57. The third-order valence-electron chi connectivity index (χ3n) is 10.4. The topological polar surface area (TPSA) is 104 Å². The predicted octanol–water partition coefficient (Wildman–Crippen LogP) is 12.3. The number of benzene rings is 9. The molecule has 0 unspecified atom stereocenters. The fourth-order valence-corrected chi connectivity index (χ4v) is 7.66. The third kappa shape index (κ3) is 6.06. The number of rotatable bonds is 6. The highest BCUT2D eigenvalue weighted by Crippen LogP contribution is 2.46. The van der Waals surface area contributed by atoms with Crippen LogP contribution in [0.2, 0.25) is 0 Å². The summed E-state index contributed by atoms with van der Waals surface area (Å²) >= 11 is 0. The highest BCUT2D eigenvalue weighted by atomic mass is 14.5. The van der Waals surface area contributed by atoms with Crippen molar-refractivity contribution in [3.05, 3.63) is 182 Å². The number of hydrogen-bond acceptors (Lipinski definition) is 4. The van der Waals surface area contributed by atoms with Crippen LogP contribution in [0.25, 0.3) is 88.3 Å². The van der Waals surface area contributed by atoms with E-state index < -0.39 is 0 Å². The number of anilines is 4. The molecular weight excluding hydrogens is 657 g/mol. The molecule has 0 heterocycles. The Morgan fingerprint density at radius 1 is 0.204 bits per heavy atom. The van der Waals surface area contributed by atoms with Crippen LogP contribution < -0.4 is 22.9 Å². The Morgan fingerprint density at radius 3 is 0.630 bits per heavy atom. The molecule has 0 saturated heterocycles. The maximum atomic E-state index is 6.12. The number of nitrogen functional groups attached to an aromatic ring is 4. The van der Waals surface area contributed by atoms with Crippen molar-refractivity contribution in [2.75, 3.05) is 22.9 Å². The smallest absolute Gasteiger partial charge is 0.0314 e. The molecule has 0 aliphatic carbocycles. The van der Waals surface area contributed by atoms with Gasteiger partial charge in [-0.3, -0.25) is 0 Å². The maximum absolute atomic E-state index is 6.12. The highest BCUT2D eigenvalue weighted by molar-refractivity contribution is 6.22. The Bertz CT molecular complexity index is 2440. The van der Waals surface area contributed by atoms with E-state index in [0.717, 1.165) is 78.4 Å². The fourth-order valence-electron chi connectivity index (χ4n) is 7.66. The first-order chi connectivity index (χ1) is 26.4. The van der Waals surface area contributed by atoms with E-state index in [1.54, 1.807) is 0 Å². The van der Waals surface area contributed by atoms with Crippen LogP contribution in [0.15, 0.2) is 182 Å². The van der Waals surface area contributed by atoms with Gasteiger partial charge in [0, 0.05) is 22.7 Å². The second-order valence-corrected chi connectivity index (χ2v) is 13.9. The average molecular weight is 695 g/mol. The largest absolute Gasteiger partial charge is 0.399 e. The monoisotopic (exact) mass is 694 g/mol. The number of hydrogen-bond donors (Lipinski definition) is 4. The Balaban J connectivity index is 1.34. The summed E-state index contributed by atoms with van der Waals surface area (Å²) in [6, 6.07) is 63.7. The van der Waals surface area contributed by atoms with E-state index in [-0.39, 0.29) is 0 Å². The zero-order valence-electron chi connectivity index (χ0n) is 29.6. The van der Waals surface area contributed by atoms with Gasteiger partial charge in [0.1, 0.15) is 0 Å². The minimum absolute atomic E-state index is 0.737. The minimum atomic E-state index is 0.737. The van der Waals surface area contributed by atoms with E-state index in [2.05, 4.69) is 133 Å². The molecule has 0 radical (unpaired) electrons. The predicted molar refractivity (Wildman–Crippen MR) is 232 cm³/mol. The van der Waals surface area contributed by atoms with Crippen LogP contribution >= 0.6 is 0 Å². The molecule has 9 aromatic rings.